The minimum absolute atomic E-state index is 0.0128. The highest BCUT2D eigenvalue weighted by Crippen LogP contribution is 2.39. The molecular formula is C14H15BrClNO2. The van der Waals surface area contributed by atoms with Crippen LogP contribution in [0.15, 0.2) is 22.7 Å². The number of phenolic OH excluding ortho intramolecular Hbond substituents is 1. The number of aromatic hydroxyl groups is 1. The van der Waals surface area contributed by atoms with Crippen molar-refractivity contribution >= 4 is 33.4 Å². The summed E-state index contributed by atoms with van der Waals surface area (Å²) in [5.74, 6) is 0.115. The van der Waals surface area contributed by atoms with E-state index in [0.29, 0.717) is 10.0 Å². The molecule has 5 heteroatoms. The van der Waals surface area contributed by atoms with Crippen molar-refractivity contribution in [2.24, 2.45) is 0 Å². The first kappa shape index (κ1) is 13.3. The van der Waals surface area contributed by atoms with E-state index in [1.807, 2.05) is 4.90 Å². The predicted octanol–water partition coefficient (Wildman–Crippen LogP) is 3.53. The molecule has 1 aromatic rings. The second-order valence-electron chi connectivity index (χ2n) is 5.33. The van der Waals surface area contributed by atoms with Crippen molar-refractivity contribution in [1.29, 1.82) is 0 Å². The Labute approximate surface area is 125 Å². The lowest BCUT2D eigenvalue weighted by Gasteiger charge is -2.37. The van der Waals surface area contributed by atoms with Crippen LogP contribution >= 0.6 is 27.5 Å². The molecule has 2 saturated heterocycles. The first-order valence-electron chi connectivity index (χ1n) is 6.51. The Bertz CT molecular complexity index is 508. The molecule has 0 aromatic heterocycles. The molecule has 2 atom stereocenters. The molecule has 2 fully saturated rings. The number of halogens is 2. The van der Waals surface area contributed by atoms with E-state index in [2.05, 4.69) is 15.9 Å². The topological polar surface area (TPSA) is 40.5 Å². The van der Waals surface area contributed by atoms with Gasteiger partial charge < -0.3 is 10.0 Å². The zero-order valence-electron chi connectivity index (χ0n) is 10.4. The van der Waals surface area contributed by atoms with Crippen LogP contribution < -0.4 is 0 Å². The molecule has 19 heavy (non-hydrogen) atoms. The van der Waals surface area contributed by atoms with Crippen molar-refractivity contribution in [3.8, 4) is 5.75 Å². The third kappa shape index (κ3) is 2.36. The highest BCUT2D eigenvalue weighted by Gasteiger charge is 2.42. The van der Waals surface area contributed by atoms with Gasteiger partial charge in [0.25, 0.3) is 5.91 Å². The Morgan fingerprint density at radius 2 is 1.95 bits per heavy atom. The molecular weight excluding hydrogens is 330 g/mol. The van der Waals surface area contributed by atoms with Gasteiger partial charge in [-0.2, -0.15) is 0 Å². The van der Waals surface area contributed by atoms with Crippen LogP contribution in [0.5, 0.6) is 5.75 Å². The van der Waals surface area contributed by atoms with Crippen LogP contribution in [-0.2, 0) is 0 Å². The number of phenols is 1. The van der Waals surface area contributed by atoms with Gasteiger partial charge in [0.1, 0.15) is 5.75 Å². The van der Waals surface area contributed by atoms with Gasteiger partial charge in [0, 0.05) is 23.0 Å². The van der Waals surface area contributed by atoms with Crippen LogP contribution in [0.25, 0.3) is 0 Å². The molecule has 2 unspecified atom stereocenters. The van der Waals surface area contributed by atoms with Crippen LogP contribution in [-0.4, -0.2) is 33.4 Å². The number of piperidine rings is 1. The van der Waals surface area contributed by atoms with Gasteiger partial charge in [0.05, 0.1) is 4.47 Å². The Morgan fingerprint density at radius 1 is 1.32 bits per heavy atom. The molecule has 2 aliphatic rings. The number of nitrogens with zero attached hydrogens (tertiary/aromatic N) is 1. The summed E-state index contributed by atoms with van der Waals surface area (Å²) in [6.07, 6.45) is 3.85. The first-order valence-corrected chi connectivity index (χ1v) is 7.74. The molecule has 2 aliphatic heterocycles. The van der Waals surface area contributed by atoms with E-state index in [0.717, 1.165) is 25.7 Å². The van der Waals surface area contributed by atoms with Crippen LogP contribution in [0.2, 0.25) is 0 Å². The fourth-order valence-electron chi connectivity index (χ4n) is 3.24. The van der Waals surface area contributed by atoms with E-state index in [-0.39, 0.29) is 29.1 Å². The van der Waals surface area contributed by atoms with E-state index in [1.54, 1.807) is 12.1 Å². The zero-order chi connectivity index (χ0) is 13.6. The summed E-state index contributed by atoms with van der Waals surface area (Å²) in [7, 11) is 0. The van der Waals surface area contributed by atoms with Gasteiger partial charge in [0.2, 0.25) is 0 Å². The summed E-state index contributed by atoms with van der Waals surface area (Å²) in [5.41, 5.74) is 0.547. The van der Waals surface area contributed by atoms with Gasteiger partial charge in [-0.1, -0.05) is 0 Å². The smallest absolute Gasteiger partial charge is 0.254 e. The fourth-order valence-corrected chi connectivity index (χ4v) is 3.89. The molecule has 1 aromatic carbocycles. The maximum Gasteiger partial charge on any atom is 0.254 e. The Balaban J connectivity index is 1.86. The zero-order valence-corrected chi connectivity index (χ0v) is 12.7. The Morgan fingerprint density at radius 3 is 2.53 bits per heavy atom. The normalized spacial score (nSPS) is 29.6. The third-order valence-electron chi connectivity index (χ3n) is 4.10. The average molecular weight is 345 g/mol. The summed E-state index contributed by atoms with van der Waals surface area (Å²) in [6.45, 7) is 0. The fraction of sp³-hybridized carbons (Fsp3) is 0.500. The number of rotatable bonds is 1. The molecule has 102 valence electrons. The molecule has 0 saturated carbocycles. The van der Waals surface area contributed by atoms with Crippen molar-refractivity contribution in [1.82, 2.24) is 4.90 Å². The maximum absolute atomic E-state index is 12.6. The van der Waals surface area contributed by atoms with Gasteiger partial charge in [-0.05, 0) is 59.8 Å². The van der Waals surface area contributed by atoms with Gasteiger partial charge in [-0.3, -0.25) is 4.79 Å². The van der Waals surface area contributed by atoms with Crippen molar-refractivity contribution < 1.29 is 9.90 Å². The Hall–Kier alpha value is -0.740. The van der Waals surface area contributed by atoms with Crippen LogP contribution in [0, 0.1) is 0 Å². The minimum Gasteiger partial charge on any atom is -0.507 e. The summed E-state index contributed by atoms with van der Waals surface area (Å²) in [5, 5.41) is 9.89. The predicted molar refractivity (Wildman–Crippen MR) is 77.7 cm³/mol. The minimum atomic E-state index is 0.0128. The number of amides is 1. The van der Waals surface area contributed by atoms with Crippen molar-refractivity contribution in [3.05, 3.63) is 28.2 Å². The molecule has 0 radical (unpaired) electrons. The van der Waals surface area contributed by atoms with Gasteiger partial charge in [-0.25, -0.2) is 0 Å². The first-order chi connectivity index (χ1) is 9.06. The highest BCUT2D eigenvalue weighted by molar-refractivity contribution is 9.10. The van der Waals surface area contributed by atoms with Crippen LogP contribution in [0.3, 0.4) is 0 Å². The SMILES string of the molecule is O=C(c1ccc(Br)c(O)c1)N1C2CCC1CC(Cl)C2. The molecule has 1 amide bonds. The summed E-state index contributed by atoms with van der Waals surface area (Å²) < 4.78 is 0.603. The van der Waals surface area contributed by atoms with E-state index in [9.17, 15) is 9.90 Å². The van der Waals surface area contributed by atoms with E-state index >= 15 is 0 Å². The number of hydrogen-bond acceptors (Lipinski definition) is 2. The molecule has 2 heterocycles. The summed E-state index contributed by atoms with van der Waals surface area (Å²) >= 11 is 9.45. The molecule has 0 spiro atoms. The standard InChI is InChI=1S/C14H15BrClNO2/c15-12-4-1-8(5-13(12)18)14(19)17-10-2-3-11(17)7-9(16)6-10/h1,4-5,9-11,18H,2-3,6-7H2. The van der Waals surface area contributed by atoms with Crippen molar-refractivity contribution in [2.75, 3.05) is 0 Å². The lowest BCUT2D eigenvalue weighted by Crippen LogP contribution is -2.46. The van der Waals surface area contributed by atoms with E-state index < -0.39 is 0 Å². The number of benzene rings is 1. The third-order valence-corrected chi connectivity index (χ3v) is 5.13. The lowest BCUT2D eigenvalue weighted by atomic mass is 10.0. The van der Waals surface area contributed by atoms with E-state index in [1.165, 1.54) is 6.07 Å². The molecule has 0 aliphatic carbocycles. The lowest BCUT2D eigenvalue weighted by molar-refractivity contribution is 0.0599. The van der Waals surface area contributed by atoms with Crippen LogP contribution in [0.1, 0.15) is 36.0 Å². The quantitative estimate of drug-likeness (QED) is 0.792. The number of alkyl halides is 1. The van der Waals surface area contributed by atoms with Crippen LogP contribution in [0.4, 0.5) is 0 Å². The monoisotopic (exact) mass is 343 g/mol. The molecule has 2 bridgehead atoms. The summed E-state index contributed by atoms with van der Waals surface area (Å²) in [6, 6.07) is 5.51. The van der Waals surface area contributed by atoms with Gasteiger partial charge in [-0.15, -0.1) is 11.6 Å². The van der Waals surface area contributed by atoms with Gasteiger partial charge >= 0.3 is 0 Å². The van der Waals surface area contributed by atoms with Crippen molar-refractivity contribution in [2.45, 2.75) is 43.1 Å². The number of carbonyl (C=O) groups excluding carboxylic acids is 1. The molecule has 3 rings (SSSR count). The maximum atomic E-state index is 12.6. The van der Waals surface area contributed by atoms with Crippen molar-refractivity contribution in [3.63, 3.8) is 0 Å². The van der Waals surface area contributed by atoms with Gasteiger partial charge in [0.15, 0.2) is 0 Å². The molecule has 3 nitrogen and oxygen atoms in total. The Kier molecular flexibility index (Phi) is 3.48. The second kappa shape index (κ2) is 4.98. The summed E-state index contributed by atoms with van der Waals surface area (Å²) in [4.78, 5) is 14.6. The largest absolute Gasteiger partial charge is 0.507 e. The molecule has 1 N–H and O–H groups in total. The highest BCUT2D eigenvalue weighted by atomic mass is 79.9. The number of carbonyl (C=O) groups is 1. The van der Waals surface area contributed by atoms with E-state index in [4.69, 9.17) is 11.6 Å². The second-order valence-corrected chi connectivity index (χ2v) is 6.80. The average Bonchev–Trinajstić information content (AvgIpc) is 2.64. The number of fused-ring (bicyclic) bond motifs is 2. The number of hydrogen-bond donors (Lipinski definition) is 1.